The molecule has 6 heteroatoms. The van der Waals surface area contributed by atoms with E-state index >= 15 is 0 Å². The molecule has 0 bridgehead atoms. The van der Waals surface area contributed by atoms with Gasteiger partial charge in [0.2, 0.25) is 0 Å². The highest BCUT2D eigenvalue weighted by atomic mass is 35.5. The van der Waals surface area contributed by atoms with E-state index in [4.69, 9.17) is 16.9 Å². The van der Waals surface area contributed by atoms with Crippen molar-refractivity contribution >= 4 is 34.4 Å². The summed E-state index contributed by atoms with van der Waals surface area (Å²) in [6, 6.07) is 10.3. The van der Waals surface area contributed by atoms with Crippen LogP contribution in [0.25, 0.3) is 11.3 Å². The van der Waals surface area contributed by atoms with Crippen LogP contribution >= 0.6 is 22.9 Å². The van der Waals surface area contributed by atoms with Gasteiger partial charge in [-0.1, -0.05) is 12.1 Å². The van der Waals surface area contributed by atoms with Gasteiger partial charge >= 0.3 is 0 Å². The van der Waals surface area contributed by atoms with Crippen molar-refractivity contribution < 1.29 is 4.79 Å². The minimum atomic E-state index is -0.866. The molecule has 0 aliphatic carbocycles. The second-order valence-electron chi connectivity index (χ2n) is 5.47. The number of carbonyl (C=O) groups excluding carboxylic acids is 1. The van der Waals surface area contributed by atoms with Crippen LogP contribution in [0, 0.1) is 11.3 Å². The zero-order valence-electron chi connectivity index (χ0n) is 12.5. The second-order valence-corrected chi connectivity index (χ2v) is 6.63. The van der Waals surface area contributed by atoms with E-state index in [1.54, 1.807) is 0 Å². The van der Waals surface area contributed by atoms with E-state index in [2.05, 4.69) is 22.0 Å². The number of anilines is 1. The van der Waals surface area contributed by atoms with E-state index < -0.39 is 5.92 Å². The number of Topliss-reactive ketones (excluding diaryl/α,β-unsaturated/α-hetero) is 1. The number of carbonyl (C=O) groups is 1. The number of alkyl halides is 1. The molecule has 2 heterocycles. The molecule has 1 atom stereocenters. The third-order valence-corrected chi connectivity index (χ3v) is 5.16. The van der Waals surface area contributed by atoms with Gasteiger partial charge in [0.25, 0.3) is 0 Å². The normalized spacial score (nSPS) is 15.4. The number of hydrogen-bond acceptors (Lipinski definition) is 5. The van der Waals surface area contributed by atoms with Gasteiger partial charge in [0, 0.05) is 29.7 Å². The molecule has 0 radical (unpaired) electrons. The Morgan fingerprint density at radius 2 is 2.04 bits per heavy atom. The Morgan fingerprint density at radius 3 is 2.65 bits per heavy atom. The lowest BCUT2D eigenvalue weighted by atomic mass is 10.1. The zero-order chi connectivity index (χ0) is 16.2. The molecule has 1 aliphatic rings. The summed E-state index contributed by atoms with van der Waals surface area (Å²) in [4.78, 5) is 18.5. The summed E-state index contributed by atoms with van der Waals surface area (Å²) >= 11 is 6.88. The van der Waals surface area contributed by atoms with Crippen molar-refractivity contribution in [2.75, 3.05) is 23.9 Å². The van der Waals surface area contributed by atoms with E-state index in [1.165, 1.54) is 29.9 Å². The summed E-state index contributed by atoms with van der Waals surface area (Å²) in [5.74, 6) is -1.34. The van der Waals surface area contributed by atoms with Gasteiger partial charge in [-0.25, -0.2) is 4.98 Å². The Morgan fingerprint density at radius 1 is 1.35 bits per heavy atom. The van der Waals surface area contributed by atoms with Gasteiger partial charge in [-0.05, 0) is 25.0 Å². The molecule has 3 rings (SSSR count). The summed E-state index contributed by atoms with van der Waals surface area (Å²) in [5.41, 5.74) is 3.01. The molecule has 1 unspecified atom stereocenters. The standard InChI is InChI=1S/C17H16ClN3OS/c18-9-16(22)14(10-19)17-20-15(11-23-17)12-3-5-13(6-4-12)21-7-1-2-8-21/h3-6,11,14H,1-2,7-9H2. The van der Waals surface area contributed by atoms with Crippen LogP contribution in [-0.4, -0.2) is 29.7 Å². The summed E-state index contributed by atoms with van der Waals surface area (Å²) < 4.78 is 0. The number of halogens is 1. The van der Waals surface area contributed by atoms with Gasteiger partial charge < -0.3 is 4.90 Å². The van der Waals surface area contributed by atoms with Crippen LogP contribution in [-0.2, 0) is 4.79 Å². The van der Waals surface area contributed by atoms with Crippen LogP contribution in [0.1, 0.15) is 23.8 Å². The van der Waals surface area contributed by atoms with Gasteiger partial charge in [0.1, 0.15) is 5.01 Å². The summed E-state index contributed by atoms with van der Waals surface area (Å²) in [6.07, 6.45) is 2.50. The van der Waals surface area contributed by atoms with Crippen molar-refractivity contribution in [2.45, 2.75) is 18.8 Å². The fraction of sp³-hybridized carbons (Fsp3) is 0.353. The Kier molecular flexibility index (Phi) is 4.94. The first-order valence-corrected chi connectivity index (χ1v) is 8.93. The Balaban J connectivity index is 1.80. The predicted molar refractivity (Wildman–Crippen MR) is 93.1 cm³/mol. The number of nitriles is 1. The lowest BCUT2D eigenvalue weighted by Crippen LogP contribution is -2.17. The third kappa shape index (κ3) is 3.39. The number of aromatic nitrogens is 1. The third-order valence-electron chi connectivity index (χ3n) is 3.99. The molecule has 23 heavy (non-hydrogen) atoms. The second kappa shape index (κ2) is 7.12. The highest BCUT2D eigenvalue weighted by Crippen LogP contribution is 2.29. The first kappa shape index (κ1) is 16.0. The molecule has 1 aliphatic heterocycles. The van der Waals surface area contributed by atoms with E-state index in [-0.39, 0.29) is 11.7 Å². The number of nitrogens with zero attached hydrogens (tertiary/aromatic N) is 3. The van der Waals surface area contributed by atoms with Gasteiger partial charge in [0.05, 0.1) is 17.6 Å². The van der Waals surface area contributed by atoms with Crippen LogP contribution in [0.3, 0.4) is 0 Å². The van der Waals surface area contributed by atoms with Gasteiger partial charge in [0.15, 0.2) is 11.7 Å². The first-order valence-electron chi connectivity index (χ1n) is 7.52. The van der Waals surface area contributed by atoms with E-state index in [0.717, 1.165) is 24.3 Å². The van der Waals surface area contributed by atoms with Crippen LogP contribution < -0.4 is 4.90 Å². The maximum atomic E-state index is 11.7. The monoisotopic (exact) mass is 345 g/mol. The number of hydrogen-bond donors (Lipinski definition) is 0. The first-order chi connectivity index (χ1) is 11.2. The fourth-order valence-corrected chi connectivity index (χ4v) is 3.76. The van der Waals surface area contributed by atoms with Crippen molar-refractivity contribution in [1.82, 2.24) is 4.98 Å². The molecule has 0 saturated carbocycles. The molecule has 0 amide bonds. The van der Waals surface area contributed by atoms with Crippen molar-refractivity contribution in [2.24, 2.45) is 0 Å². The summed E-state index contributed by atoms with van der Waals surface area (Å²) in [7, 11) is 0. The van der Waals surface area contributed by atoms with E-state index in [1.807, 2.05) is 23.6 Å². The number of thiazole rings is 1. The fourth-order valence-electron chi connectivity index (χ4n) is 2.71. The SMILES string of the molecule is N#CC(C(=O)CCl)c1nc(-c2ccc(N3CCCC3)cc2)cs1. The molecule has 2 aromatic rings. The Labute approximate surface area is 144 Å². The van der Waals surface area contributed by atoms with Gasteiger partial charge in [-0.3, -0.25) is 4.79 Å². The van der Waals surface area contributed by atoms with Crippen molar-refractivity contribution in [1.29, 1.82) is 5.26 Å². The molecule has 118 valence electrons. The molecule has 0 N–H and O–H groups in total. The van der Waals surface area contributed by atoms with Crippen molar-refractivity contribution in [3.8, 4) is 17.3 Å². The molecule has 1 saturated heterocycles. The highest BCUT2D eigenvalue weighted by Gasteiger charge is 2.23. The van der Waals surface area contributed by atoms with Crippen LogP contribution in [0.15, 0.2) is 29.6 Å². The van der Waals surface area contributed by atoms with Gasteiger partial charge in [-0.15, -0.1) is 22.9 Å². The Hall–Kier alpha value is -1.90. The van der Waals surface area contributed by atoms with Crippen LogP contribution in [0.4, 0.5) is 5.69 Å². The van der Waals surface area contributed by atoms with E-state index in [9.17, 15) is 4.79 Å². The van der Waals surface area contributed by atoms with Gasteiger partial charge in [-0.2, -0.15) is 5.26 Å². The van der Waals surface area contributed by atoms with E-state index in [0.29, 0.717) is 5.01 Å². The molecule has 1 aromatic carbocycles. The Bertz CT molecular complexity index is 729. The summed E-state index contributed by atoms with van der Waals surface area (Å²) in [6.45, 7) is 2.23. The quantitative estimate of drug-likeness (QED) is 0.773. The smallest absolute Gasteiger partial charge is 0.171 e. The lowest BCUT2D eigenvalue weighted by Gasteiger charge is -2.17. The van der Waals surface area contributed by atoms with Crippen LogP contribution in [0.2, 0.25) is 0 Å². The van der Waals surface area contributed by atoms with Crippen molar-refractivity contribution in [3.63, 3.8) is 0 Å². The molecule has 1 aromatic heterocycles. The number of benzene rings is 1. The lowest BCUT2D eigenvalue weighted by molar-refractivity contribution is -0.117. The molecule has 0 spiro atoms. The average Bonchev–Trinajstić information content (AvgIpc) is 3.27. The largest absolute Gasteiger partial charge is 0.372 e. The predicted octanol–water partition coefficient (Wildman–Crippen LogP) is 3.83. The molecule has 1 fully saturated rings. The van der Waals surface area contributed by atoms with Crippen molar-refractivity contribution in [3.05, 3.63) is 34.7 Å². The summed E-state index contributed by atoms with van der Waals surface area (Å²) in [5, 5.41) is 11.5. The number of ketones is 1. The minimum Gasteiger partial charge on any atom is -0.372 e. The highest BCUT2D eigenvalue weighted by molar-refractivity contribution is 7.10. The number of rotatable bonds is 5. The minimum absolute atomic E-state index is 0.169. The maximum Gasteiger partial charge on any atom is 0.171 e. The topological polar surface area (TPSA) is 57.0 Å². The molecular formula is C17H16ClN3OS. The molecular weight excluding hydrogens is 330 g/mol. The molecule has 4 nitrogen and oxygen atoms in total. The average molecular weight is 346 g/mol. The maximum absolute atomic E-state index is 11.7. The zero-order valence-corrected chi connectivity index (χ0v) is 14.1. The van der Waals surface area contributed by atoms with Crippen LogP contribution in [0.5, 0.6) is 0 Å².